The first-order valence-corrected chi connectivity index (χ1v) is 8.41. The lowest BCUT2D eigenvalue weighted by Crippen LogP contribution is -2.37. The molecule has 2 rings (SSSR count). The van der Waals surface area contributed by atoms with E-state index in [1.54, 1.807) is 0 Å². The van der Waals surface area contributed by atoms with E-state index in [9.17, 15) is 8.42 Å². The van der Waals surface area contributed by atoms with Gasteiger partial charge in [-0.05, 0) is 43.4 Å². The molecule has 0 amide bonds. The fourth-order valence-corrected chi connectivity index (χ4v) is 4.10. The van der Waals surface area contributed by atoms with Crippen LogP contribution in [0.25, 0.3) is 0 Å². The lowest BCUT2D eigenvalue weighted by Gasteiger charge is -2.21. The van der Waals surface area contributed by atoms with E-state index in [2.05, 4.69) is 12.2 Å². The molecule has 2 aliphatic rings. The smallest absolute Gasteiger partial charge is 0.148 e. The highest BCUT2D eigenvalue weighted by molar-refractivity contribution is 7.90. The predicted molar refractivity (Wildman–Crippen MR) is 66.2 cm³/mol. The molecule has 3 nitrogen and oxygen atoms in total. The Labute approximate surface area is 98.9 Å². The van der Waals surface area contributed by atoms with Crippen LogP contribution >= 0.6 is 0 Å². The summed E-state index contributed by atoms with van der Waals surface area (Å²) < 4.78 is 22.6. The zero-order valence-electron chi connectivity index (χ0n) is 10.3. The van der Waals surface area contributed by atoms with E-state index in [1.807, 2.05) is 0 Å². The van der Waals surface area contributed by atoms with Gasteiger partial charge in [-0.1, -0.05) is 6.92 Å². The molecule has 0 heterocycles. The molecule has 0 aromatic carbocycles. The molecule has 16 heavy (non-hydrogen) atoms. The number of sulfone groups is 1. The van der Waals surface area contributed by atoms with Gasteiger partial charge >= 0.3 is 0 Å². The minimum Gasteiger partial charge on any atom is -0.313 e. The van der Waals surface area contributed by atoms with Crippen LogP contribution in [0.3, 0.4) is 0 Å². The Balaban J connectivity index is 1.80. The van der Waals surface area contributed by atoms with Crippen molar-refractivity contribution < 1.29 is 8.42 Å². The van der Waals surface area contributed by atoms with Gasteiger partial charge < -0.3 is 5.32 Å². The lowest BCUT2D eigenvalue weighted by molar-refractivity contribution is 0.396. The summed E-state index contributed by atoms with van der Waals surface area (Å²) in [4.78, 5) is 0. The molecule has 0 spiro atoms. The van der Waals surface area contributed by atoms with Gasteiger partial charge in [-0.2, -0.15) is 0 Å². The van der Waals surface area contributed by atoms with Crippen molar-refractivity contribution in [2.75, 3.05) is 18.6 Å². The molecule has 2 fully saturated rings. The number of hydrogen-bond donors (Lipinski definition) is 1. The summed E-state index contributed by atoms with van der Waals surface area (Å²) in [5.41, 5.74) is 0.0793. The molecule has 4 heteroatoms. The number of nitrogens with one attached hydrogen (secondary N) is 1. The average molecular weight is 245 g/mol. The van der Waals surface area contributed by atoms with E-state index in [0.29, 0.717) is 11.8 Å². The first kappa shape index (κ1) is 12.4. The fraction of sp³-hybridized carbons (Fsp3) is 1.00. The molecule has 1 atom stereocenters. The van der Waals surface area contributed by atoms with Gasteiger partial charge in [-0.3, -0.25) is 0 Å². The lowest BCUT2D eigenvalue weighted by atomic mass is 10.1. The highest BCUT2D eigenvalue weighted by atomic mass is 32.2. The molecule has 1 unspecified atom stereocenters. The van der Waals surface area contributed by atoms with Crippen molar-refractivity contribution in [2.45, 2.75) is 45.1 Å². The van der Waals surface area contributed by atoms with Crippen LogP contribution in [0.4, 0.5) is 0 Å². The minimum absolute atomic E-state index is 0.0793. The van der Waals surface area contributed by atoms with Gasteiger partial charge in [0, 0.05) is 18.8 Å². The molecule has 0 radical (unpaired) electrons. The molecule has 2 saturated carbocycles. The topological polar surface area (TPSA) is 46.2 Å². The Morgan fingerprint density at radius 2 is 2.00 bits per heavy atom. The summed E-state index contributed by atoms with van der Waals surface area (Å²) in [6, 6.07) is 0.622. The molecule has 0 saturated heterocycles. The zero-order chi connectivity index (χ0) is 11.8. The normalized spacial score (nSPS) is 25.4. The van der Waals surface area contributed by atoms with Gasteiger partial charge in [-0.25, -0.2) is 8.42 Å². The molecule has 0 bridgehead atoms. The van der Waals surface area contributed by atoms with Gasteiger partial charge in [0.2, 0.25) is 0 Å². The SMILES string of the molecule is CCC(NCC1(CS(C)(=O)=O)CC1)C1CC1. The maximum atomic E-state index is 11.3. The summed E-state index contributed by atoms with van der Waals surface area (Å²) in [6.07, 6.45) is 7.38. The van der Waals surface area contributed by atoms with Crippen LogP contribution < -0.4 is 5.32 Å². The largest absolute Gasteiger partial charge is 0.313 e. The Bertz CT molecular complexity index is 342. The van der Waals surface area contributed by atoms with E-state index in [1.165, 1.54) is 25.5 Å². The van der Waals surface area contributed by atoms with Crippen LogP contribution in [0.15, 0.2) is 0 Å². The summed E-state index contributed by atoms with van der Waals surface area (Å²) in [5, 5.41) is 3.59. The van der Waals surface area contributed by atoms with Crippen LogP contribution in [0.2, 0.25) is 0 Å². The van der Waals surface area contributed by atoms with Crippen LogP contribution in [-0.2, 0) is 9.84 Å². The molecular weight excluding hydrogens is 222 g/mol. The van der Waals surface area contributed by atoms with Gasteiger partial charge in [0.15, 0.2) is 0 Å². The molecule has 0 aromatic heterocycles. The third kappa shape index (κ3) is 3.45. The van der Waals surface area contributed by atoms with Crippen molar-refractivity contribution in [1.29, 1.82) is 0 Å². The Morgan fingerprint density at radius 1 is 1.38 bits per heavy atom. The number of hydrogen-bond acceptors (Lipinski definition) is 3. The van der Waals surface area contributed by atoms with Crippen LogP contribution in [0.1, 0.15) is 39.0 Å². The second kappa shape index (κ2) is 4.30. The third-order valence-electron chi connectivity index (χ3n) is 3.90. The van der Waals surface area contributed by atoms with E-state index in [4.69, 9.17) is 0 Å². The quantitative estimate of drug-likeness (QED) is 0.741. The fourth-order valence-electron chi connectivity index (χ4n) is 2.60. The van der Waals surface area contributed by atoms with E-state index in [-0.39, 0.29) is 5.41 Å². The second-order valence-corrected chi connectivity index (χ2v) is 7.94. The van der Waals surface area contributed by atoms with Crippen LogP contribution in [0.5, 0.6) is 0 Å². The highest BCUT2D eigenvalue weighted by Gasteiger charge is 2.45. The second-order valence-electron chi connectivity index (χ2n) is 5.80. The maximum absolute atomic E-state index is 11.3. The molecular formula is C12H23NO2S. The first-order chi connectivity index (χ1) is 7.44. The van der Waals surface area contributed by atoms with Gasteiger partial charge in [0.1, 0.15) is 9.84 Å². The predicted octanol–water partition coefficient (Wildman–Crippen LogP) is 1.59. The Hall–Kier alpha value is -0.0900. The van der Waals surface area contributed by atoms with E-state index >= 15 is 0 Å². The summed E-state index contributed by atoms with van der Waals surface area (Å²) in [7, 11) is -2.82. The highest BCUT2D eigenvalue weighted by Crippen LogP contribution is 2.46. The van der Waals surface area contributed by atoms with Crippen molar-refractivity contribution in [3.05, 3.63) is 0 Å². The molecule has 1 N–H and O–H groups in total. The summed E-state index contributed by atoms with van der Waals surface area (Å²) >= 11 is 0. The maximum Gasteiger partial charge on any atom is 0.148 e. The van der Waals surface area contributed by atoms with Crippen molar-refractivity contribution in [1.82, 2.24) is 5.32 Å². The van der Waals surface area contributed by atoms with Gasteiger partial charge in [0.25, 0.3) is 0 Å². The minimum atomic E-state index is -2.82. The van der Waals surface area contributed by atoms with Crippen molar-refractivity contribution in [3.8, 4) is 0 Å². The first-order valence-electron chi connectivity index (χ1n) is 6.35. The van der Waals surface area contributed by atoms with Crippen molar-refractivity contribution in [3.63, 3.8) is 0 Å². The standard InChI is InChI=1S/C12H23NO2S/c1-3-11(10-4-5-10)13-8-12(6-7-12)9-16(2,14)15/h10-11,13H,3-9H2,1-2H3. The average Bonchev–Trinajstić information content (AvgIpc) is 2.99. The molecule has 2 aliphatic carbocycles. The van der Waals surface area contributed by atoms with Crippen molar-refractivity contribution in [2.24, 2.45) is 11.3 Å². The molecule has 0 aromatic rings. The van der Waals surface area contributed by atoms with E-state index < -0.39 is 9.84 Å². The summed E-state index contributed by atoms with van der Waals surface area (Å²) in [5.74, 6) is 1.23. The Kier molecular flexibility index (Phi) is 3.32. The van der Waals surface area contributed by atoms with Crippen molar-refractivity contribution >= 4 is 9.84 Å². The van der Waals surface area contributed by atoms with Gasteiger partial charge in [-0.15, -0.1) is 0 Å². The van der Waals surface area contributed by atoms with Crippen LogP contribution in [-0.4, -0.2) is 33.0 Å². The summed E-state index contributed by atoms with van der Waals surface area (Å²) in [6.45, 7) is 3.11. The monoisotopic (exact) mass is 245 g/mol. The van der Waals surface area contributed by atoms with Gasteiger partial charge in [0.05, 0.1) is 5.75 Å². The molecule has 94 valence electrons. The van der Waals surface area contributed by atoms with E-state index in [0.717, 1.165) is 25.3 Å². The third-order valence-corrected chi connectivity index (χ3v) is 5.03. The van der Waals surface area contributed by atoms with Crippen LogP contribution in [0, 0.1) is 11.3 Å². The number of rotatable bonds is 7. The Morgan fingerprint density at radius 3 is 2.38 bits per heavy atom. The zero-order valence-corrected chi connectivity index (χ0v) is 11.1. The molecule has 0 aliphatic heterocycles.